The van der Waals surface area contributed by atoms with Gasteiger partial charge in [0.2, 0.25) is 5.42 Å². The van der Waals surface area contributed by atoms with Crippen molar-refractivity contribution in [3.8, 4) is 0 Å². The Morgan fingerprint density at radius 1 is 0.739 bits per heavy atom. The summed E-state index contributed by atoms with van der Waals surface area (Å²) in [7, 11) is 0. The van der Waals surface area contributed by atoms with Gasteiger partial charge < -0.3 is 17.8 Å². The van der Waals surface area contributed by atoms with Crippen LogP contribution in [0.1, 0.15) is 0 Å². The van der Waals surface area contributed by atoms with Crippen molar-refractivity contribution in [2.24, 2.45) is 0 Å². The van der Waals surface area contributed by atoms with Crippen molar-refractivity contribution >= 4 is 5.71 Å². The number of fused-ring (bicyclic) bond motifs is 3. The lowest BCUT2D eigenvalue weighted by Gasteiger charge is -1.84. The summed E-state index contributed by atoms with van der Waals surface area (Å²) in [5, 5.41) is 3.70. The van der Waals surface area contributed by atoms with E-state index < -0.39 is 33.6 Å². The third-order valence-corrected chi connectivity index (χ3v) is 2.47. The molecule has 3 rings (SSSR count). The molecule has 3 heterocycles. The molecule has 23 heavy (non-hydrogen) atoms. The van der Waals surface area contributed by atoms with Crippen LogP contribution in [0.15, 0.2) is 73.5 Å². The van der Waals surface area contributed by atoms with Gasteiger partial charge in [-0.3, -0.25) is 0 Å². The Labute approximate surface area is 123 Å². The molecule has 10 nitrogen and oxygen atoms in total. The maximum atomic E-state index is 11.6. The van der Waals surface area contributed by atoms with E-state index in [9.17, 15) is 19.2 Å². The predicted octanol–water partition coefficient (Wildman–Crippen LogP) is -0.442. The third-order valence-electron chi connectivity index (χ3n) is 2.47. The second kappa shape index (κ2) is 5.60. The molecule has 0 atom stereocenters. The topological polar surface area (TPSA) is 138 Å². The molecule has 2 bridgehead atoms. The van der Waals surface area contributed by atoms with E-state index in [-0.39, 0.29) is 5.42 Å². The summed E-state index contributed by atoms with van der Waals surface area (Å²) in [5.41, 5.74) is -4.87. The van der Waals surface area contributed by atoms with Gasteiger partial charge in [0, 0.05) is 30.3 Å². The van der Waals surface area contributed by atoms with Crippen LogP contribution < -0.4 is 22.5 Å². The van der Waals surface area contributed by atoms with Crippen LogP contribution in [0.4, 0.5) is 0 Å². The molecule has 2 aliphatic rings. The first-order valence-corrected chi connectivity index (χ1v) is 6.05. The first-order chi connectivity index (χ1) is 11.0. The van der Waals surface area contributed by atoms with Crippen LogP contribution in [0.25, 0.3) is 5.71 Å². The molecule has 2 aliphatic heterocycles. The third kappa shape index (κ3) is 3.15. The fraction of sp³-hybridized carbons (Fsp3) is 0. The maximum Gasteiger partial charge on any atom is 0.358 e. The Morgan fingerprint density at radius 2 is 1.35 bits per heavy atom. The number of aromatic nitrogens is 2. The van der Waals surface area contributed by atoms with Gasteiger partial charge >= 0.3 is 22.5 Å². The largest absolute Gasteiger partial charge is 0.419 e. The van der Waals surface area contributed by atoms with E-state index in [0.717, 1.165) is 36.5 Å². The van der Waals surface area contributed by atoms with Crippen LogP contribution in [0.5, 0.6) is 0 Å². The van der Waals surface area contributed by atoms with Crippen molar-refractivity contribution in [3.63, 3.8) is 0 Å². The van der Waals surface area contributed by atoms with E-state index >= 15 is 0 Å². The highest BCUT2D eigenvalue weighted by Crippen LogP contribution is 1.98. The van der Waals surface area contributed by atoms with E-state index in [2.05, 4.69) is 5.10 Å². The van der Waals surface area contributed by atoms with Gasteiger partial charge in [0.25, 0.3) is 5.71 Å². The Hall–Kier alpha value is -3.69. The van der Waals surface area contributed by atoms with Crippen molar-refractivity contribution in [1.82, 2.24) is 9.79 Å². The molecular formula is C13H6N2O8. The summed E-state index contributed by atoms with van der Waals surface area (Å²) in [6.07, 6.45) is 1.10. The lowest BCUT2D eigenvalue weighted by atomic mass is 10.5. The van der Waals surface area contributed by atoms with Gasteiger partial charge in [0.15, 0.2) is 5.42 Å². The minimum atomic E-state index is -0.976. The van der Waals surface area contributed by atoms with Gasteiger partial charge in [-0.2, -0.15) is 0 Å². The summed E-state index contributed by atoms with van der Waals surface area (Å²) in [6, 6.07) is 4.45. The second-order valence-corrected chi connectivity index (χ2v) is 4.06. The number of hydrogen-bond acceptors (Lipinski definition) is 9. The molecule has 1 aromatic heterocycles. The van der Waals surface area contributed by atoms with Crippen LogP contribution in [-0.2, 0) is 0 Å². The van der Waals surface area contributed by atoms with Gasteiger partial charge in [-0.25, -0.2) is 19.2 Å². The van der Waals surface area contributed by atoms with Gasteiger partial charge in [0.1, 0.15) is 0 Å². The lowest BCUT2D eigenvalue weighted by Crippen LogP contribution is -2.01. The fourth-order valence-corrected chi connectivity index (χ4v) is 1.57. The number of nitrogens with zero attached hydrogens (tertiary/aromatic N) is 2. The zero-order chi connectivity index (χ0) is 16.4. The van der Waals surface area contributed by atoms with Crippen molar-refractivity contribution in [1.29, 1.82) is 0 Å². The molecule has 0 aliphatic carbocycles. The molecule has 116 valence electrons. The molecule has 0 spiro atoms. The van der Waals surface area contributed by atoms with Crippen LogP contribution in [0.3, 0.4) is 0 Å². The van der Waals surface area contributed by atoms with Crippen molar-refractivity contribution in [3.05, 3.63) is 89.0 Å². The minimum Gasteiger partial charge on any atom is -0.419 e. The van der Waals surface area contributed by atoms with Crippen LogP contribution in [0, 0.1) is 10.8 Å². The molecule has 0 unspecified atom stereocenters. The summed E-state index contributed by atoms with van der Waals surface area (Å²) < 4.78 is 20.2. The minimum absolute atomic E-state index is 0.262. The molecule has 0 radical (unpaired) electrons. The summed E-state index contributed by atoms with van der Waals surface area (Å²) in [5.74, 6) is 0. The van der Waals surface area contributed by atoms with Gasteiger partial charge in [0.05, 0.1) is 6.20 Å². The standard InChI is InChI=1S/C13H6N2O8/c16-8-1-2-9(17)21-12-7(20-8)5-6-15-14-13(12)22-10(18)3-4-11(19)23-15/h1-6H. The molecule has 0 saturated heterocycles. The highest BCUT2D eigenvalue weighted by atomic mass is 16.5. The molecule has 10 heteroatoms. The molecule has 0 aromatic carbocycles. The average molecular weight is 318 g/mol. The quantitative estimate of drug-likeness (QED) is 0.539. The van der Waals surface area contributed by atoms with E-state index in [1.54, 1.807) is 0 Å². The van der Waals surface area contributed by atoms with Crippen molar-refractivity contribution < 1.29 is 17.8 Å². The zero-order valence-corrected chi connectivity index (χ0v) is 11.1. The Balaban J connectivity index is 2.81. The first kappa shape index (κ1) is 14.3. The predicted molar refractivity (Wildman–Crippen MR) is 71.1 cm³/mol. The van der Waals surface area contributed by atoms with E-state index in [4.69, 9.17) is 17.8 Å². The van der Waals surface area contributed by atoms with E-state index in [1.807, 2.05) is 0 Å². The maximum absolute atomic E-state index is 11.6. The van der Waals surface area contributed by atoms with Gasteiger partial charge in [-0.15, -0.1) is 0 Å². The summed E-state index contributed by atoms with van der Waals surface area (Å²) in [6.45, 7) is 0. The lowest BCUT2D eigenvalue weighted by molar-refractivity contribution is 0.287. The summed E-state index contributed by atoms with van der Waals surface area (Å²) >= 11 is 0. The van der Waals surface area contributed by atoms with Gasteiger partial charge in [-0.1, -0.05) is 9.79 Å². The van der Waals surface area contributed by atoms with Crippen LogP contribution in [0.2, 0.25) is 0 Å². The molecule has 0 N–H and O–H groups in total. The van der Waals surface area contributed by atoms with Gasteiger partial charge in [-0.05, 0) is 0 Å². The molecular weight excluding hydrogens is 312 g/mol. The first-order valence-electron chi connectivity index (χ1n) is 6.05. The SMILES string of the molecule is O=c1ccc(=O)oc2c3nn(ccc=2o1)oc(=O)ccc(=O)o3. The highest BCUT2D eigenvalue weighted by molar-refractivity contribution is 5.25. The van der Waals surface area contributed by atoms with Crippen LogP contribution >= 0.6 is 0 Å². The normalized spacial score (nSPS) is 10.4. The molecule has 0 amide bonds. The van der Waals surface area contributed by atoms with Crippen molar-refractivity contribution in [2.45, 2.75) is 0 Å². The van der Waals surface area contributed by atoms with Crippen molar-refractivity contribution in [2.75, 3.05) is 0 Å². The smallest absolute Gasteiger partial charge is 0.358 e. The number of hydrogen-bond donors (Lipinski definition) is 0. The van der Waals surface area contributed by atoms with E-state index in [1.165, 1.54) is 0 Å². The molecule has 1 aromatic rings. The second-order valence-electron chi connectivity index (χ2n) is 4.06. The highest BCUT2D eigenvalue weighted by Gasteiger charge is 2.01. The average Bonchev–Trinajstić information content (AvgIpc) is 2.58. The molecule has 0 saturated carbocycles. The number of rotatable bonds is 0. The Kier molecular flexibility index (Phi) is 3.47. The monoisotopic (exact) mass is 318 g/mol. The molecule has 0 fully saturated rings. The summed E-state index contributed by atoms with van der Waals surface area (Å²) in [4.78, 5) is 46.1. The zero-order valence-electron chi connectivity index (χ0n) is 11.1. The Bertz CT molecular complexity index is 1260. The Morgan fingerprint density at radius 3 is 2.09 bits per heavy atom. The fourth-order valence-electron chi connectivity index (χ4n) is 1.57. The van der Waals surface area contributed by atoms with E-state index in [0.29, 0.717) is 4.69 Å². The van der Waals surface area contributed by atoms with Crippen LogP contribution in [-0.4, -0.2) is 9.79 Å².